The molecule has 5 heteroatoms. The molecule has 0 saturated carbocycles. The molecule has 2 heterocycles. The molecule has 5 nitrogen and oxygen atoms in total. The van der Waals surface area contributed by atoms with Gasteiger partial charge in [0.15, 0.2) is 0 Å². The first-order valence-corrected chi connectivity index (χ1v) is 7.05. The third-order valence-electron chi connectivity index (χ3n) is 4.13. The molecule has 1 fully saturated rings. The maximum Gasteiger partial charge on any atom is 0.231 e. The zero-order chi connectivity index (χ0) is 15.0. The predicted octanol–water partition coefficient (Wildman–Crippen LogP) is 0.507. The van der Waals surface area contributed by atoms with Crippen LogP contribution in [0.25, 0.3) is 0 Å². The number of carbonyl (C=O) groups excluding carboxylic acids is 2. The number of benzene rings is 1. The number of fused-ring (bicyclic) bond motifs is 2. The van der Waals surface area contributed by atoms with Crippen molar-refractivity contribution in [2.24, 2.45) is 11.8 Å². The molecule has 2 aliphatic heterocycles. The van der Waals surface area contributed by atoms with Gasteiger partial charge in [0.2, 0.25) is 5.91 Å². The summed E-state index contributed by atoms with van der Waals surface area (Å²) in [6.07, 6.45) is 3.19. The Labute approximate surface area is 122 Å². The third kappa shape index (κ3) is 2.34. The predicted molar refractivity (Wildman–Crippen MR) is 74.2 cm³/mol. The summed E-state index contributed by atoms with van der Waals surface area (Å²) in [5.41, 5.74) is 1.73. The Hall–Kier alpha value is -2.14. The Morgan fingerprint density at radius 3 is 2.52 bits per heavy atom. The molecule has 0 aliphatic carbocycles. The number of hydrogen-bond donors (Lipinski definition) is 1. The van der Waals surface area contributed by atoms with E-state index in [9.17, 15) is 14.7 Å². The van der Waals surface area contributed by atoms with Crippen molar-refractivity contribution < 1.29 is 19.4 Å². The maximum absolute atomic E-state index is 12.5. The monoisotopic (exact) mass is 286 g/mol. The van der Waals surface area contributed by atoms with Gasteiger partial charge < -0.3 is 20.0 Å². The number of carboxylic acid groups (broad SMARTS) is 1. The van der Waals surface area contributed by atoms with Crippen LogP contribution < -0.4 is 10.4 Å². The van der Waals surface area contributed by atoms with Gasteiger partial charge in [0.05, 0.1) is 18.1 Å². The van der Waals surface area contributed by atoms with Crippen molar-refractivity contribution in [2.75, 3.05) is 5.32 Å². The quantitative estimate of drug-likeness (QED) is 0.818. The smallest absolute Gasteiger partial charge is 0.231 e. The van der Waals surface area contributed by atoms with E-state index >= 15 is 0 Å². The van der Waals surface area contributed by atoms with Gasteiger partial charge in [-0.1, -0.05) is 37.3 Å². The van der Waals surface area contributed by atoms with E-state index in [1.54, 1.807) is 12.2 Å². The molecule has 2 bridgehead atoms. The highest BCUT2D eigenvalue weighted by molar-refractivity contribution is 5.97. The number of aliphatic carboxylic acids is 1. The Balaban J connectivity index is 1.82. The van der Waals surface area contributed by atoms with Crippen molar-refractivity contribution in [3.05, 3.63) is 42.0 Å². The fourth-order valence-electron chi connectivity index (χ4n) is 3.07. The van der Waals surface area contributed by atoms with Crippen LogP contribution in [0.2, 0.25) is 0 Å². The van der Waals surface area contributed by atoms with Crippen LogP contribution in [-0.4, -0.2) is 24.1 Å². The van der Waals surface area contributed by atoms with Gasteiger partial charge in [0.25, 0.3) is 0 Å². The highest BCUT2D eigenvalue weighted by Gasteiger charge is 2.50. The Kier molecular flexibility index (Phi) is 3.51. The number of aryl methyl sites for hydroxylation is 1. The lowest BCUT2D eigenvalue weighted by Crippen LogP contribution is -2.45. The summed E-state index contributed by atoms with van der Waals surface area (Å²) in [5.74, 6) is -3.23. The molecule has 1 N–H and O–H groups in total. The molecule has 0 radical (unpaired) electrons. The Bertz CT molecular complexity index is 610. The number of amides is 1. The van der Waals surface area contributed by atoms with E-state index in [0.717, 1.165) is 12.0 Å². The normalized spacial score (nSPS) is 29.6. The Morgan fingerprint density at radius 1 is 1.19 bits per heavy atom. The van der Waals surface area contributed by atoms with Crippen LogP contribution in [0.3, 0.4) is 0 Å². The van der Waals surface area contributed by atoms with Crippen molar-refractivity contribution >= 4 is 17.6 Å². The number of carbonyl (C=O) groups is 2. The third-order valence-corrected chi connectivity index (χ3v) is 4.13. The molecule has 0 spiro atoms. The molecule has 1 aromatic rings. The van der Waals surface area contributed by atoms with E-state index in [0.29, 0.717) is 5.69 Å². The minimum Gasteiger partial charge on any atom is -0.550 e. The van der Waals surface area contributed by atoms with E-state index in [4.69, 9.17) is 4.74 Å². The Morgan fingerprint density at radius 2 is 1.86 bits per heavy atom. The maximum atomic E-state index is 12.5. The molecule has 1 amide bonds. The van der Waals surface area contributed by atoms with Gasteiger partial charge in [-0.15, -0.1) is 0 Å². The van der Waals surface area contributed by atoms with Crippen LogP contribution in [0.1, 0.15) is 12.5 Å². The molecule has 1 aromatic carbocycles. The second kappa shape index (κ2) is 5.33. The first kappa shape index (κ1) is 13.8. The number of para-hydroxylation sites is 1. The fraction of sp³-hybridized carbons (Fsp3) is 0.375. The summed E-state index contributed by atoms with van der Waals surface area (Å²) in [6, 6.07) is 7.49. The van der Waals surface area contributed by atoms with Crippen molar-refractivity contribution in [3.63, 3.8) is 0 Å². The molecule has 4 atom stereocenters. The van der Waals surface area contributed by atoms with Crippen LogP contribution in [0, 0.1) is 11.8 Å². The SMILES string of the molecule is CCc1ccccc1NC(=O)[C@H]1[C@@H](C(=O)[O-])[C@@H]2C=C[C@H]1O2. The number of rotatable bonds is 4. The van der Waals surface area contributed by atoms with Crippen LogP contribution in [0.4, 0.5) is 5.69 Å². The van der Waals surface area contributed by atoms with E-state index in [-0.39, 0.29) is 5.91 Å². The molecule has 0 unspecified atom stereocenters. The minimum atomic E-state index is -1.24. The van der Waals surface area contributed by atoms with Crippen LogP contribution in [0.5, 0.6) is 0 Å². The average Bonchev–Trinajstić information content (AvgIpc) is 3.08. The number of ether oxygens (including phenoxy) is 1. The molecule has 21 heavy (non-hydrogen) atoms. The van der Waals surface area contributed by atoms with Crippen molar-refractivity contribution in [1.82, 2.24) is 0 Å². The molecular weight excluding hydrogens is 270 g/mol. The fourth-order valence-corrected chi connectivity index (χ4v) is 3.07. The molecule has 2 aliphatic rings. The number of carboxylic acids is 1. The molecule has 1 saturated heterocycles. The minimum absolute atomic E-state index is 0.332. The van der Waals surface area contributed by atoms with Gasteiger partial charge in [0.1, 0.15) is 0 Å². The van der Waals surface area contributed by atoms with Gasteiger partial charge in [-0.2, -0.15) is 0 Å². The standard InChI is InChI=1S/C16H17NO4/c1-2-9-5-3-4-6-10(9)17-15(18)13-11-7-8-12(21-11)14(13)16(19)20/h3-8,11-14H,2H2,1H3,(H,17,18)(H,19,20)/p-1/t11-,12+,13-,14+/m1/s1. The largest absolute Gasteiger partial charge is 0.550 e. The second-order valence-electron chi connectivity index (χ2n) is 5.32. The number of hydrogen-bond acceptors (Lipinski definition) is 4. The number of anilines is 1. The molecular formula is C16H16NO4-. The first-order chi connectivity index (χ1) is 10.1. The van der Waals surface area contributed by atoms with Crippen LogP contribution in [0.15, 0.2) is 36.4 Å². The van der Waals surface area contributed by atoms with Gasteiger partial charge in [0, 0.05) is 17.6 Å². The van der Waals surface area contributed by atoms with Gasteiger partial charge in [-0.25, -0.2) is 0 Å². The lowest BCUT2D eigenvalue weighted by Gasteiger charge is -2.25. The summed E-state index contributed by atoms with van der Waals surface area (Å²) < 4.78 is 5.48. The summed E-state index contributed by atoms with van der Waals surface area (Å²) in [4.78, 5) is 23.7. The summed E-state index contributed by atoms with van der Waals surface area (Å²) in [6.45, 7) is 2.00. The average molecular weight is 286 g/mol. The van der Waals surface area contributed by atoms with E-state index in [2.05, 4.69) is 5.32 Å². The van der Waals surface area contributed by atoms with Crippen molar-refractivity contribution in [2.45, 2.75) is 25.6 Å². The number of nitrogens with one attached hydrogen (secondary N) is 1. The molecule has 0 aromatic heterocycles. The molecule has 3 rings (SSSR count). The molecule has 110 valence electrons. The summed E-state index contributed by atoms with van der Waals surface area (Å²) >= 11 is 0. The van der Waals surface area contributed by atoms with Crippen molar-refractivity contribution in [1.29, 1.82) is 0 Å². The summed E-state index contributed by atoms with van der Waals surface area (Å²) in [5, 5.41) is 14.1. The second-order valence-corrected chi connectivity index (χ2v) is 5.32. The highest BCUT2D eigenvalue weighted by Crippen LogP contribution is 2.39. The van der Waals surface area contributed by atoms with Gasteiger partial charge in [-0.3, -0.25) is 4.79 Å². The summed E-state index contributed by atoms with van der Waals surface area (Å²) in [7, 11) is 0. The van der Waals surface area contributed by atoms with Crippen molar-refractivity contribution in [3.8, 4) is 0 Å². The zero-order valence-corrected chi connectivity index (χ0v) is 11.6. The van der Waals surface area contributed by atoms with E-state index in [1.807, 2.05) is 31.2 Å². The first-order valence-electron chi connectivity index (χ1n) is 7.05. The van der Waals surface area contributed by atoms with E-state index < -0.39 is 30.0 Å². The van der Waals surface area contributed by atoms with Gasteiger partial charge >= 0.3 is 0 Å². The van der Waals surface area contributed by atoms with Crippen LogP contribution in [-0.2, 0) is 20.7 Å². The zero-order valence-electron chi connectivity index (χ0n) is 11.6. The van der Waals surface area contributed by atoms with Gasteiger partial charge in [-0.05, 0) is 18.1 Å². The topological polar surface area (TPSA) is 78.5 Å². The lowest BCUT2D eigenvalue weighted by atomic mass is 9.82. The highest BCUT2D eigenvalue weighted by atomic mass is 16.5. The lowest BCUT2D eigenvalue weighted by molar-refractivity contribution is -0.313. The van der Waals surface area contributed by atoms with Crippen LogP contribution >= 0.6 is 0 Å². The van der Waals surface area contributed by atoms with E-state index in [1.165, 1.54) is 0 Å².